The Balaban J connectivity index is 1.74. The Morgan fingerprint density at radius 3 is 2.03 bits per heavy atom. The average molecular weight is 447 g/mol. The molecule has 3 rings (SSSR count). The molecule has 160 valence electrons. The molecule has 30 heavy (non-hydrogen) atoms. The van der Waals surface area contributed by atoms with Gasteiger partial charge in [0.25, 0.3) is 0 Å². The number of amides is 2. The van der Waals surface area contributed by atoms with Crippen molar-refractivity contribution in [3.8, 4) is 0 Å². The maximum Gasteiger partial charge on any atom is 0.242 e. The largest absolute Gasteiger partial charge is 0.352 e. The Morgan fingerprint density at radius 1 is 0.933 bits per heavy atom. The van der Waals surface area contributed by atoms with Crippen LogP contribution in [0.2, 0.25) is 10.0 Å². The summed E-state index contributed by atoms with van der Waals surface area (Å²) in [4.78, 5) is 27.8. The van der Waals surface area contributed by atoms with Gasteiger partial charge in [-0.1, -0.05) is 66.7 Å². The van der Waals surface area contributed by atoms with Gasteiger partial charge in [0.15, 0.2) is 0 Å². The van der Waals surface area contributed by atoms with E-state index in [1.165, 1.54) is 6.42 Å². The third-order valence-electron chi connectivity index (χ3n) is 5.65. The summed E-state index contributed by atoms with van der Waals surface area (Å²) < 4.78 is 0. The van der Waals surface area contributed by atoms with Gasteiger partial charge in [0, 0.05) is 22.6 Å². The molecule has 4 nitrogen and oxygen atoms in total. The van der Waals surface area contributed by atoms with Crippen LogP contribution in [0.5, 0.6) is 0 Å². The molecule has 1 fully saturated rings. The lowest BCUT2D eigenvalue weighted by atomic mass is 9.95. The highest BCUT2D eigenvalue weighted by Gasteiger charge is 2.28. The first kappa shape index (κ1) is 22.6. The van der Waals surface area contributed by atoms with Crippen LogP contribution in [-0.2, 0) is 22.6 Å². The van der Waals surface area contributed by atoms with Crippen molar-refractivity contribution in [1.82, 2.24) is 10.2 Å². The first-order valence-corrected chi connectivity index (χ1v) is 11.3. The number of hydrogen-bond donors (Lipinski definition) is 1. The van der Waals surface area contributed by atoms with E-state index in [-0.39, 0.29) is 24.3 Å². The SMILES string of the molecule is CC(C(=O)NC1CCCCC1)N(Cc1ccc(Cl)cc1)C(=O)Cc1ccc(Cl)cc1. The van der Waals surface area contributed by atoms with Crippen LogP contribution in [0.4, 0.5) is 0 Å². The smallest absolute Gasteiger partial charge is 0.242 e. The van der Waals surface area contributed by atoms with E-state index >= 15 is 0 Å². The second-order valence-corrected chi connectivity index (χ2v) is 8.84. The topological polar surface area (TPSA) is 49.4 Å². The van der Waals surface area contributed by atoms with Gasteiger partial charge in [-0.05, 0) is 55.2 Å². The van der Waals surface area contributed by atoms with Crippen molar-refractivity contribution in [3.63, 3.8) is 0 Å². The molecule has 0 spiro atoms. The summed E-state index contributed by atoms with van der Waals surface area (Å²) in [5, 5.41) is 4.42. The molecule has 2 aromatic carbocycles. The van der Waals surface area contributed by atoms with E-state index in [0.717, 1.165) is 36.8 Å². The minimum absolute atomic E-state index is 0.0969. The molecule has 1 aliphatic carbocycles. The van der Waals surface area contributed by atoms with Gasteiger partial charge in [-0.2, -0.15) is 0 Å². The van der Waals surface area contributed by atoms with Crippen LogP contribution in [0, 0.1) is 0 Å². The minimum atomic E-state index is -0.567. The van der Waals surface area contributed by atoms with E-state index in [4.69, 9.17) is 23.2 Å². The van der Waals surface area contributed by atoms with Crippen molar-refractivity contribution >= 4 is 35.0 Å². The van der Waals surface area contributed by atoms with E-state index in [2.05, 4.69) is 5.32 Å². The fourth-order valence-electron chi connectivity index (χ4n) is 3.82. The molecule has 2 amide bonds. The van der Waals surface area contributed by atoms with Crippen molar-refractivity contribution < 1.29 is 9.59 Å². The Hall–Kier alpha value is -2.04. The lowest BCUT2D eigenvalue weighted by Crippen LogP contribution is -2.50. The van der Waals surface area contributed by atoms with Gasteiger partial charge in [-0.25, -0.2) is 0 Å². The van der Waals surface area contributed by atoms with Crippen LogP contribution < -0.4 is 5.32 Å². The van der Waals surface area contributed by atoms with E-state index in [1.54, 1.807) is 36.1 Å². The summed E-state index contributed by atoms with van der Waals surface area (Å²) >= 11 is 12.0. The minimum Gasteiger partial charge on any atom is -0.352 e. The zero-order chi connectivity index (χ0) is 21.5. The fourth-order valence-corrected chi connectivity index (χ4v) is 4.07. The van der Waals surface area contributed by atoms with E-state index < -0.39 is 6.04 Å². The van der Waals surface area contributed by atoms with Crippen LogP contribution in [0.15, 0.2) is 48.5 Å². The van der Waals surface area contributed by atoms with Gasteiger partial charge >= 0.3 is 0 Å². The maximum absolute atomic E-state index is 13.2. The second kappa shape index (κ2) is 10.8. The standard InChI is InChI=1S/C24H28Cl2N2O2/c1-17(24(30)27-22-5-3-2-4-6-22)28(16-19-9-13-21(26)14-10-19)23(29)15-18-7-11-20(25)12-8-18/h7-14,17,22H,2-6,15-16H2,1H3,(H,27,30). The van der Waals surface area contributed by atoms with E-state index in [1.807, 2.05) is 24.3 Å². The Kier molecular flexibility index (Phi) is 8.17. The number of hydrogen-bond acceptors (Lipinski definition) is 2. The lowest BCUT2D eigenvalue weighted by molar-refractivity contribution is -0.140. The second-order valence-electron chi connectivity index (χ2n) is 7.97. The quantitative estimate of drug-likeness (QED) is 0.618. The molecule has 1 aliphatic rings. The average Bonchev–Trinajstić information content (AvgIpc) is 2.75. The Morgan fingerprint density at radius 2 is 1.47 bits per heavy atom. The third kappa shape index (κ3) is 6.48. The molecular weight excluding hydrogens is 419 g/mol. The summed E-state index contributed by atoms with van der Waals surface area (Å²) in [6.45, 7) is 2.15. The molecule has 0 saturated heterocycles. The van der Waals surface area contributed by atoms with Crippen molar-refractivity contribution in [2.75, 3.05) is 0 Å². The van der Waals surface area contributed by atoms with Crippen LogP contribution >= 0.6 is 23.2 Å². The first-order valence-electron chi connectivity index (χ1n) is 10.5. The predicted octanol–water partition coefficient (Wildman–Crippen LogP) is 5.40. The summed E-state index contributed by atoms with van der Waals surface area (Å²) in [7, 11) is 0. The number of rotatable bonds is 7. The van der Waals surface area contributed by atoms with Crippen molar-refractivity contribution in [3.05, 3.63) is 69.7 Å². The molecule has 1 N–H and O–H groups in total. The molecule has 0 heterocycles. The number of carbonyl (C=O) groups excluding carboxylic acids is 2. The zero-order valence-corrected chi connectivity index (χ0v) is 18.8. The first-order chi connectivity index (χ1) is 14.4. The molecule has 2 aromatic rings. The molecule has 1 saturated carbocycles. The van der Waals surface area contributed by atoms with Crippen molar-refractivity contribution in [2.45, 2.75) is 64.1 Å². The molecule has 1 atom stereocenters. The van der Waals surface area contributed by atoms with Gasteiger partial charge in [0.1, 0.15) is 6.04 Å². The number of benzene rings is 2. The summed E-state index contributed by atoms with van der Waals surface area (Å²) in [6, 6.07) is 14.2. The van der Waals surface area contributed by atoms with Gasteiger partial charge in [-0.3, -0.25) is 9.59 Å². The van der Waals surface area contributed by atoms with Gasteiger partial charge < -0.3 is 10.2 Å². The van der Waals surface area contributed by atoms with Crippen LogP contribution in [0.3, 0.4) is 0 Å². The fraction of sp³-hybridized carbons (Fsp3) is 0.417. The Bertz CT molecular complexity index is 847. The van der Waals surface area contributed by atoms with E-state index in [0.29, 0.717) is 16.6 Å². The number of halogens is 2. The summed E-state index contributed by atoms with van der Waals surface area (Å²) in [5.74, 6) is -0.195. The highest BCUT2D eigenvalue weighted by atomic mass is 35.5. The van der Waals surface area contributed by atoms with Crippen molar-refractivity contribution in [1.29, 1.82) is 0 Å². The molecule has 0 radical (unpaired) electrons. The number of carbonyl (C=O) groups is 2. The highest BCUT2D eigenvalue weighted by molar-refractivity contribution is 6.30. The number of nitrogens with zero attached hydrogens (tertiary/aromatic N) is 1. The third-order valence-corrected chi connectivity index (χ3v) is 6.16. The van der Waals surface area contributed by atoms with Gasteiger partial charge in [0.05, 0.1) is 6.42 Å². The van der Waals surface area contributed by atoms with Gasteiger partial charge in [-0.15, -0.1) is 0 Å². The summed E-state index contributed by atoms with van der Waals surface area (Å²) in [6.07, 6.45) is 5.74. The van der Waals surface area contributed by atoms with Crippen LogP contribution in [0.1, 0.15) is 50.2 Å². The van der Waals surface area contributed by atoms with Crippen molar-refractivity contribution in [2.24, 2.45) is 0 Å². The summed E-state index contributed by atoms with van der Waals surface area (Å²) in [5.41, 5.74) is 1.80. The Labute approximate surface area is 188 Å². The van der Waals surface area contributed by atoms with Crippen LogP contribution in [-0.4, -0.2) is 28.8 Å². The lowest BCUT2D eigenvalue weighted by Gasteiger charge is -2.31. The molecule has 1 unspecified atom stereocenters. The molecule has 0 aromatic heterocycles. The van der Waals surface area contributed by atoms with E-state index in [9.17, 15) is 9.59 Å². The van der Waals surface area contributed by atoms with Crippen LogP contribution in [0.25, 0.3) is 0 Å². The monoisotopic (exact) mass is 446 g/mol. The molecular formula is C24H28Cl2N2O2. The normalized spacial score (nSPS) is 15.4. The number of nitrogens with one attached hydrogen (secondary N) is 1. The zero-order valence-electron chi connectivity index (χ0n) is 17.2. The predicted molar refractivity (Wildman–Crippen MR) is 122 cm³/mol. The highest BCUT2D eigenvalue weighted by Crippen LogP contribution is 2.19. The molecule has 6 heteroatoms. The molecule has 0 aliphatic heterocycles. The molecule has 0 bridgehead atoms. The van der Waals surface area contributed by atoms with Gasteiger partial charge in [0.2, 0.25) is 11.8 Å². The maximum atomic E-state index is 13.2.